The maximum Gasteiger partial charge on any atom is 0.253 e. The van der Waals surface area contributed by atoms with E-state index >= 15 is 0 Å². The highest BCUT2D eigenvalue weighted by atomic mass is 35.5. The molecule has 1 aliphatic heterocycles. The van der Waals surface area contributed by atoms with Crippen LogP contribution in [-0.4, -0.2) is 22.0 Å². The number of rotatable bonds is 2. The van der Waals surface area contributed by atoms with Gasteiger partial charge >= 0.3 is 0 Å². The van der Waals surface area contributed by atoms with Gasteiger partial charge in [0, 0.05) is 6.54 Å². The molecule has 0 fully saturated rings. The monoisotopic (exact) mass is 341 g/mol. The van der Waals surface area contributed by atoms with Crippen molar-refractivity contribution in [3.63, 3.8) is 0 Å². The molecule has 0 aliphatic carbocycles. The van der Waals surface area contributed by atoms with E-state index < -0.39 is 11.9 Å². The van der Waals surface area contributed by atoms with Gasteiger partial charge in [-0.15, -0.1) is 0 Å². The van der Waals surface area contributed by atoms with E-state index in [1.54, 1.807) is 17.9 Å². The van der Waals surface area contributed by atoms with Gasteiger partial charge in [-0.2, -0.15) is 0 Å². The topological polar surface area (TPSA) is 40.5 Å². The minimum Gasteiger partial charge on any atom is -0.510 e. The molecule has 23 heavy (non-hydrogen) atoms. The van der Waals surface area contributed by atoms with E-state index in [0.29, 0.717) is 5.57 Å². The minimum absolute atomic E-state index is 0.0281. The van der Waals surface area contributed by atoms with Crippen LogP contribution in [0.4, 0.5) is 4.39 Å². The fourth-order valence-corrected chi connectivity index (χ4v) is 2.87. The summed E-state index contributed by atoms with van der Waals surface area (Å²) in [6.07, 6.45) is 0. The molecule has 1 N–H and O–H groups in total. The van der Waals surface area contributed by atoms with Gasteiger partial charge in [-0.3, -0.25) is 4.79 Å². The van der Waals surface area contributed by atoms with Crippen LogP contribution in [0.2, 0.25) is 5.02 Å². The van der Waals surface area contributed by atoms with Crippen molar-refractivity contribution >= 4 is 17.5 Å². The molecule has 128 valence electrons. The third-order valence-electron chi connectivity index (χ3n) is 3.69. The summed E-state index contributed by atoms with van der Waals surface area (Å²) >= 11 is 5.78. The number of aliphatic hydroxyl groups is 1. The quantitative estimate of drug-likeness (QED) is 0.813. The number of carbonyl (C=O) groups excluding carboxylic acids is 1. The molecule has 1 aromatic rings. The Hall–Kier alpha value is -1.55. The van der Waals surface area contributed by atoms with Crippen molar-refractivity contribution in [3.8, 4) is 0 Å². The zero-order valence-electron chi connectivity index (χ0n) is 14.6. The van der Waals surface area contributed by atoms with Gasteiger partial charge in [-0.25, -0.2) is 4.39 Å². The van der Waals surface area contributed by atoms with Gasteiger partial charge in [0.2, 0.25) is 0 Å². The summed E-state index contributed by atoms with van der Waals surface area (Å²) in [6, 6.07) is 3.99. The summed E-state index contributed by atoms with van der Waals surface area (Å²) in [6.45, 7) is 11.8. The Labute approximate surface area is 142 Å². The first-order valence-electron chi connectivity index (χ1n) is 7.77. The molecule has 5 heteroatoms. The van der Waals surface area contributed by atoms with Crippen LogP contribution in [0.5, 0.6) is 0 Å². The molecule has 0 saturated carbocycles. The van der Waals surface area contributed by atoms with Crippen LogP contribution in [0.25, 0.3) is 0 Å². The van der Waals surface area contributed by atoms with Crippen LogP contribution in [-0.2, 0) is 11.3 Å². The molecule has 1 amide bonds. The van der Waals surface area contributed by atoms with Crippen LogP contribution < -0.4 is 0 Å². The second-order valence-corrected chi connectivity index (χ2v) is 6.87. The number of amides is 1. The summed E-state index contributed by atoms with van der Waals surface area (Å²) in [5.74, 6) is -0.578. The molecular formula is C18H25ClFNO2. The molecule has 3 nitrogen and oxygen atoms in total. The predicted molar refractivity (Wildman–Crippen MR) is 91.9 cm³/mol. The maximum atomic E-state index is 13.2. The maximum absolute atomic E-state index is 13.2. The largest absolute Gasteiger partial charge is 0.510 e. The van der Waals surface area contributed by atoms with Crippen LogP contribution in [0.1, 0.15) is 47.1 Å². The fraction of sp³-hybridized carbons (Fsp3) is 0.500. The molecular weight excluding hydrogens is 317 g/mol. The molecule has 1 heterocycles. The highest BCUT2D eigenvalue weighted by Crippen LogP contribution is 2.37. The van der Waals surface area contributed by atoms with E-state index in [9.17, 15) is 14.3 Å². The fourth-order valence-electron chi connectivity index (χ4n) is 2.67. The van der Waals surface area contributed by atoms with Crippen molar-refractivity contribution < 1.29 is 14.3 Å². The zero-order valence-corrected chi connectivity index (χ0v) is 15.3. The normalized spacial score (nSPS) is 18.2. The smallest absolute Gasteiger partial charge is 0.253 e. The van der Waals surface area contributed by atoms with Crippen molar-refractivity contribution in [3.05, 3.63) is 45.9 Å². The van der Waals surface area contributed by atoms with Crippen LogP contribution in [0.3, 0.4) is 0 Å². The number of aliphatic hydroxyl groups excluding tert-OH is 1. The number of nitrogens with zero attached hydrogens (tertiary/aromatic N) is 1. The van der Waals surface area contributed by atoms with Gasteiger partial charge < -0.3 is 10.0 Å². The van der Waals surface area contributed by atoms with Gasteiger partial charge in [-0.05, 0) is 30.0 Å². The Balaban J connectivity index is 0.00000127. The Morgan fingerprint density at radius 3 is 2.35 bits per heavy atom. The lowest BCUT2D eigenvalue weighted by atomic mass is 9.85. The van der Waals surface area contributed by atoms with Crippen molar-refractivity contribution in [2.45, 2.75) is 54.1 Å². The Bertz CT molecular complexity index is 620. The summed E-state index contributed by atoms with van der Waals surface area (Å²) in [5.41, 5.74) is 0.788. The lowest BCUT2D eigenvalue weighted by molar-refractivity contribution is -0.129. The second kappa shape index (κ2) is 7.35. The molecule has 1 aromatic carbocycles. The summed E-state index contributed by atoms with van der Waals surface area (Å²) in [4.78, 5) is 13.9. The molecule has 1 aliphatic rings. The van der Waals surface area contributed by atoms with Crippen molar-refractivity contribution in [1.29, 1.82) is 0 Å². The van der Waals surface area contributed by atoms with Crippen LogP contribution >= 0.6 is 11.6 Å². The van der Waals surface area contributed by atoms with Crippen LogP contribution in [0.15, 0.2) is 29.5 Å². The molecule has 0 radical (unpaired) electrons. The Kier molecular flexibility index (Phi) is 6.23. The van der Waals surface area contributed by atoms with Crippen molar-refractivity contribution in [1.82, 2.24) is 4.90 Å². The molecule has 0 spiro atoms. The molecule has 1 unspecified atom stereocenters. The third-order valence-corrected chi connectivity index (χ3v) is 3.98. The van der Waals surface area contributed by atoms with E-state index in [1.807, 2.05) is 34.6 Å². The number of hydrogen-bond donors (Lipinski definition) is 1. The van der Waals surface area contributed by atoms with Gasteiger partial charge in [-0.1, -0.05) is 52.3 Å². The van der Waals surface area contributed by atoms with Gasteiger partial charge in [0.15, 0.2) is 0 Å². The summed E-state index contributed by atoms with van der Waals surface area (Å²) < 4.78 is 13.2. The molecule has 2 rings (SSSR count). The number of halogens is 2. The Morgan fingerprint density at radius 2 is 1.87 bits per heavy atom. The second-order valence-electron chi connectivity index (χ2n) is 6.46. The third kappa shape index (κ3) is 4.05. The minimum atomic E-state index is -0.488. The van der Waals surface area contributed by atoms with E-state index in [2.05, 4.69) is 0 Å². The predicted octanol–water partition coefficient (Wildman–Crippen LogP) is 5.09. The van der Waals surface area contributed by atoms with Gasteiger partial charge in [0.05, 0.1) is 16.6 Å². The lowest BCUT2D eigenvalue weighted by Gasteiger charge is -2.35. The molecule has 1 atom stereocenters. The average molecular weight is 342 g/mol. The van der Waals surface area contributed by atoms with E-state index in [0.717, 1.165) is 5.56 Å². The molecule has 0 saturated heterocycles. The van der Waals surface area contributed by atoms with E-state index in [4.69, 9.17) is 11.6 Å². The summed E-state index contributed by atoms with van der Waals surface area (Å²) in [5, 5.41) is 10.3. The van der Waals surface area contributed by atoms with Gasteiger partial charge in [0.1, 0.15) is 11.6 Å². The Morgan fingerprint density at radius 1 is 1.30 bits per heavy atom. The number of hydrogen-bond acceptors (Lipinski definition) is 2. The van der Waals surface area contributed by atoms with Crippen LogP contribution in [0, 0.1) is 11.2 Å². The number of carbonyl (C=O) groups is 1. The molecule has 0 aromatic heterocycles. The first-order valence-corrected chi connectivity index (χ1v) is 8.15. The standard InChI is InChI=1S/C16H19ClFNO2.C2H6/c1-9-13(20)14(16(2,3)4)19(15(9)21)8-10-5-6-12(18)11(17)7-10;1-2/h5-7,14,20H,8H2,1-4H3;1-2H3. The molecule has 0 bridgehead atoms. The first kappa shape index (κ1) is 19.5. The summed E-state index contributed by atoms with van der Waals surface area (Å²) in [7, 11) is 0. The highest BCUT2D eigenvalue weighted by Gasteiger charge is 2.43. The highest BCUT2D eigenvalue weighted by molar-refractivity contribution is 6.30. The van der Waals surface area contributed by atoms with E-state index in [-0.39, 0.29) is 28.6 Å². The first-order chi connectivity index (χ1) is 10.6. The SMILES string of the molecule is CC.CC1=C(O)C(C(C)(C)C)N(Cc2ccc(F)c(Cl)c2)C1=O. The van der Waals surface area contributed by atoms with Gasteiger partial charge in [0.25, 0.3) is 5.91 Å². The average Bonchev–Trinajstić information content (AvgIpc) is 2.69. The number of benzene rings is 1. The van der Waals surface area contributed by atoms with E-state index in [1.165, 1.54) is 12.1 Å². The van der Waals surface area contributed by atoms with Crippen molar-refractivity contribution in [2.24, 2.45) is 5.41 Å². The van der Waals surface area contributed by atoms with Crippen molar-refractivity contribution in [2.75, 3.05) is 0 Å². The lowest BCUT2D eigenvalue weighted by Crippen LogP contribution is -2.43. The zero-order chi connectivity index (χ0) is 17.9.